The molecule has 36 heavy (non-hydrogen) atoms. The topological polar surface area (TPSA) is 177 Å². The standard InChI is InChI=1S/C20H16ClN5O3.C2H6O4S/c1-22-19(27)16-10-12(6-8-23-16)11-29-20-17-15(7-9-28-17)18(25-26-20)24-14-4-2-13(21)3-5-14;3-1-2-7(4,5)6/h2-10H,11H2,1H3,(H,22,27)(H,24,25);3H,1-2H2,(H,4,5,6). The number of nitrogens with one attached hydrogen (secondary N) is 2. The molecule has 4 aromatic rings. The normalized spacial score (nSPS) is 10.9. The van der Waals surface area contributed by atoms with Gasteiger partial charge in [-0.2, -0.15) is 8.42 Å². The van der Waals surface area contributed by atoms with E-state index in [1.54, 1.807) is 49.8 Å². The number of hydrogen-bond donors (Lipinski definition) is 4. The van der Waals surface area contributed by atoms with E-state index in [0.29, 0.717) is 22.1 Å². The molecule has 0 bridgehead atoms. The van der Waals surface area contributed by atoms with Gasteiger partial charge in [0, 0.05) is 24.0 Å². The van der Waals surface area contributed by atoms with Crippen molar-refractivity contribution in [3.8, 4) is 5.88 Å². The minimum atomic E-state index is -3.92. The number of carbonyl (C=O) groups excluding carboxylic acids is 1. The van der Waals surface area contributed by atoms with E-state index < -0.39 is 22.5 Å². The molecule has 4 rings (SSSR count). The van der Waals surface area contributed by atoms with E-state index in [2.05, 4.69) is 25.8 Å². The second kappa shape index (κ2) is 12.3. The van der Waals surface area contributed by atoms with Crippen molar-refractivity contribution in [1.82, 2.24) is 20.5 Å². The Bertz CT molecular complexity index is 1430. The SMILES string of the molecule is CNC(=O)c1cc(COc2nnc(Nc3ccc(Cl)cc3)c3ccoc23)ccn1.O=S(=O)(O)CCO. The van der Waals surface area contributed by atoms with Crippen LogP contribution >= 0.6 is 11.6 Å². The number of anilines is 2. The van der Waals surface area contributed by atoms with Gasteiger partial charge < -0.3 is 24.9 Å². The quantitative estimate of drug-likeness (QED) is 0.244. The predicted octanol–water partition coefficient (Wildman–Crippen LogP) is 2.82. The van der Waals surface area contributed by atoms with Crippen LogP contribution in [0.1, 0.15) is 16.1 Å². The van der Waals surface area contributed by atoms with Gasteiger partial charge in [0.25, 0.3) is 21.9 Å². The summed E-state index contributed by atoms with van der Waals surface area (Å²) in [5, 5.41) is 23.3. The van der Waals surface area contributed by atoms with Gasteiger partial charge in [0.15, 0.2) is 5.82 Å². The van der Waals surface area contributed by atoms with Crippen molar-refractivity contribution in [2.75, 3.05) is 24.7 Å². The van der Waals surface area contributed by atoms with Crippen LogP contribution in [0.2, 0.25) is 5.02 Å². The summed E-state index contributed by atoms with van der Waals surface area (Å²) in [5.74, 6) is -0.0515. The Morgan fingerprint density at radius 2 is 1.92 bits per heavy atom. The van der Waals surface area contributed by atoms with E-state index in [0.717, 1.165) is 16.6 Å². The van der Waals surface area contributed by atoms with Crippen molar-refractivity contribution in [1.29, 1.82) is 0 Å². The summed E-state index contributed by atoms with van der Waals surface area (Å²) in [6, 6.07) is 12.4. The number of halogens is 1. The van der Waals surface area contributed by atoms with Crippen LogP contribution in [0.4, 0.5) is 11.5 Å². The number of aliphatic hydroxyl groups is 1. The highest BCUT2D eigenvalue weighted by atomic mass is 35.5. The molecule has 0 aliphatic carbocycles. The summed E-state index contributed by atoms with van der Waals surface area (Å²) in [5.41, 5.74) is 2.37. The van der Waals surface area contributed by atoms with Gasteiger partial charge in [0.2, 0.25) is 5.58 Å². The summed E-state index contributed by atoms with van der Waals surface area (Å²) >= 11 is 5.92. The first-order valence-corrected chi connectivity index (χ1v) is 12.3. The van der Waals surface area contributed by atoms with E-state index in [-0.39, 0.29) is 18.4 Å². The molecule has 12 nitrogen and oxygen atoms in total. The van der Waals surface area contributed by atoms with Gasteiger partial charge in [0.05, 0.1) is 24.0 Å². The number of rotatable bonds is 8. The largest absolute Gasteiger partial charge is 0.469 e. The lowest BCUT2D eigenvalue weighted by Crippen LogP contribution is -2.19. The third kappa shape index (κ3) is 7.61. The van der Waals surface area contributed by atoms with Crippen molar-refractivity contribution in [3.63, 3.8) is 0 Å². The minimum Gasteiger partial charge on any atom is -0.469 e. The zero-order valence-electron chi connectivity index (χ0n) is 18.9. The fourth-order valence-corrected chi connectivity index (χ4v) is 3.15. The molecule has 190 valence electrons. The van der Waals surface area contributed by atoms with Gasteiger partial charge in [-0.25, -0.2) is 0 Å². The third-order valence-corrected chi connectivity index (χ3v) is 5.42. The maximum absolute atomic E-state index is 11.7. The monoisotopic (exact) mass is 535 g/mol. The summed E-state index contributed by atoms with van der Waals surface area (Å²) in [7, 11) is -2.37. The fourth-order valence-electron chi connectivity index (χ4n) is 2.80. The molecular weight excluding hydrogens is 514 g/mol. The average Bonchev–Trinajstić information content (AvgIpc) is 3.35. The molecule has 0 radical (unpaired) electrons. The van der Waals surface area contributed by atoms with Crippen LogP contribution in [-0.4, -0.2) is 58.6 Å². The first kappa shape index (κ1) is 26.8. The molecule has 14 heteroatoms. The number of hydrogen-bond acceptors (Lipinski definition) is 10. The molecule has 1 aromatic carbocycles. The van der Waals surface area contributed by atoms with Crippen LogP contribution in [0, 0.1) is 0 Å². The smallest absolute Gasteiger partial charge is 0.278 e. The first-order chi connectivity index (χ1) is 17.2. The van der Waals surface area contributed by atoms with E-state index in [1.807, 2.05) is 12.1 Å². The van der Waals surface area contributed by atoms with Gasteiger partial charge in [-0.05, 0) is 48.0 Å². The van der Waals surface area contributed by atoms with Crippen molar-refractivity contribution in [3.05, 3.63) is 71.2 Å². The van der Waals surface area contributed by atoms with Gasteiger partial charge in [-0.15, -0.1) is 10.2 Å². The Hall–Kier alpha value is -3.78. The molecule has 0 spiro atoms. The molecule has 0 fully saturated rings. The van der Waals surface area contributed by atoms with E-state index in [4.69, 9.17) is 30.4 Å². The Labute approximate surface area is 211 Å². The first-order valence-electron chi connectivity index (χ1n) is 10.3. The number of benzene rings is 1. The van der Waals surface area contributed by atoms with Crippen LogP contribution < -0.4 is 15.4 Å². The number of pyridine rings is 1. The van der Waals surface area contributed by atoms with Crippen molar-refractivity contribution in [2.24, 2.45) is 0 Å². The number of furan rings is 1. The zero-order valence-corrected chi connectivity index (χ0v) is 20.5. The lowest BCUT2D eigenvalue weighted by molar-refractivity contribution is 0.0958. The summed E-state index contributed by atoms with van der Waals surface area (Å²) in [6.07, 6.45) is 3.10. The number of fused-ring (bicyclic) bond motifs is 1. The Morgan fingerprint density at radius 3 is 2.56 bits per heavy atom. The van der Waals surface area contributed by atoms with E-state index in [1.165, 1.54) is 0 Å². The number of aliphatic hydroxyl groups excluding tert-OH is 1. The Morgan fingerprint density at radius 1 is 1.17 bits per heavy atom. The molecule has 4 N–H and O–H groups in total. The second-order valence-corrected chi connectivity index (χ2v) is 9.08. The van der Waals surface area contributed by atoms with Crippen LogP contribution in [0.5, 0.6) is 5.88 Å². The van der Waals surface area contributed by atoms with Crippen LogP contribution in [0.25, 0.3) is 11.0 Å². The van der Waals surface area contributed by atoms with E-state index >= 15 is 0 Å². The average molecular weight is 536 g/mol. The van der Waals surface area contributed by atoms with Crippen LogP contribution in [-0.2, 0) is 16.7 Å². The highest BCUT2D eigenvalue weighted by Crippen LogP contribution is 2.31. The summed E-state index contributed by atoms with van der Waals surface area (Å²) in [4.78, 5) is 15.8. The Balaban J connectivity index is 0.000000454. The summed E-state index contributed by atoms with van der Waals surface area (Å²) < 4.78 is 38.4. The number of nitrogens with zero attached hydrogens (tertiary/aromatic N) is 3. The second-order valence-electron chi connectivity index (χ2n) is 7.08. The van der Waals surface area contributed by atoms with Crippen molar-refractivity contribution in [2.45, 2.75) is 6.61 Å². The number of ether oxygens (including phenoxy) is 1. The molecule has 0 aliphatic rings. The maximum Gasteiger partial charge on any atom is 0.278 e. The van der Waals surface area contributed by atoms with Crippen molar-refractivity contribution >= 4 is 50.1 Å². The molecule has 1 amide bonds. The highest BCUT2D eigenvalue weighted by Gasteiger charge is 2.15. The summed E-state index contributed by atoms with van der Waals surface area (Å²) in [6.45, 7) is -0.347. The minimum absolute atomic E-state index is 0.182. The molecule has 3 aromatic heterocycles. The lowest BCUT2D eigenvalue weighted by atomic mass is 10.2. The molecule has 0 unspecified atom stereocenters. The molecule has 0 saturated heterocycles. The number of carbonyl (C=O) groups is 1. The Kier molecular flexibility index (Phi) is 9.13. The fraction of sp³-hybridized carbons (Fsp3) is 0.182. The molecule has 0 atom stereocenters. The molecular formula is C22H22ClN5O7S. The maximum atomic E-state index is 11.7. The van der Waals surface area contributed by atoms with Gasteiger partial charge in [-0.3, -0.25) is 14.3 Å². The van der Waals surface area contributed by atoms with Gasteiger partial charge in [-0.1, -0.05) is 11.6 Å². The zero-order chi connectivity index (χ0) is 26.1. The molecule has 0 saturated carbocycles. The lowest BCUT2D eigenvalue weighted by Gasteiger charge is -2.09. The predicted molar refractivity (Wildman–Crippen MR) is 132 cm³/mol. The highest BCUT2D eigenvalue weighted by molar-refractivity contribution is 7.85. The third-order valence-electron chi connectivity index (χ3n) is 4.47. The van der Waals surface area contributed by atoms with Gasteiger partial charge in [0.1, 0.15) is 12.3 Å². The van der Waals surface area contributed by atoms with Crippen LogP contribution in [0.3, 0.4) is 0 Å². The van der Waals surface area contributed by atoms with Gasteiger partial charge >= 0.3 is 0 Å². The van der Waals surface area contributed by atoms with E-state index in [9.17, 15) is 13.2 Å². The number of aromatic nitrogens is 3. The van der Waals surface area contributed by atoms with Crippen LogP contribution in [0.15, 0.2) is 59.3 Å². The molecule has 0 aliphatic heterocycles. The molecule has 3 heterocycles. The van der Waals surface area contributed by atoms with Crippen molar-refractivity contribution < 1.29 is 32.0 Å². The number of amides is 1.